The maximum absolute atomic E-state index is 5.56. The molecule has 3 heterocycles. The molecule has 0 bridgehead atoms. The molecule has 6 heteroatoms. The van der Waals surface area contributed by atoms with Gasteiger partial charge in [-0.25, -0.2) is 0 Å². The topological polar surface area (TPSA) is 28.2 Å². The predicted octanol–water partition coefficient (Wildman–Crippen LogP) is 4.29. The first-order valence-corrected chi connectivity index (χ1v) is 8.89. The van der Waals surface area contributed by atoms with Crippen molar-refractivity contribution in [2.24, 2.45) is 0 Å². The summed E-state index contributed by atoms with van der Waals surface area (Å²) in [5, 5.41) is 6.36. The van der Waals surface area contributed by atoms with Gasteiger partial charge in [0.1, 0.15) is 0 Å². The van der Waals surface area contributed by atoms with Crippen LogP contribution in [-0.2, 0) is 0 Å². The maximum atomic E-state index is 5.56. The molecule has 0 spiro atoms. The van der Waals surface area contributed by atoms with Crippen LogP contribution in [0.5, 0.6) is 0 Å². The third-order valence-electron chi connectivity index (χ3n) is 3.57. The maximum Gasteiger partial charge on any atom is 0.170 e. The van der Waals surface area contributed by atoms with Crippen LogP contribution < -0.4 is 5.32 Å². The van der Waals surface area contributed by atoms with Crippen molar-refractivity contribution < 1.29 is 0 Å². The molecule has 1 aliphatic rings. The Bertz CT molecular complexity index is 641. The molecule has 2 atom stereocenters. The van der Waals surface area contributed by atoms with Crippen molar-refractivity contribution >= 4 is 44.6 Å². The summed E-state index contributed by atoms with van der Waals surface area (Å²) in [6.07, 6.45) is 1.83. The average Bonchev–Trinajstić information content (AvgIpc) is 3.03. The van der Waals surface area contributed by atoms with Gasteiger partial charge >= 0.3 is 0 Å². The fourth-order valence-corrected chi connectivity index (χ4v) is 4.74. The van der Waals surface area contributed by atoms with Crippen molar-refractivity contribution in [3.63, 3.8) is 0 Å². The standard InChI is InChI=1S/C15H16BrN3S2/c1-9(2)19-14(12-7-10(16)8-21-12)13(18-15(19)20)11-5-3-4-6-17-11/h3-9,13-14H,1-2H3,(H,18,20). The first-order valence-electron chi connectivity index (χ1n) is 6.81. The Labute approximate surface area is 142 Å². The molecule has 2 aromatic rings. The number of nitrogens with zero attached hydrogens (tertiary/aromatic N) is 2. The lowest BCUT2D eigenvalue weighted by Gasteiger charge is -2.30. The van der Waals surface area contributed by atoms with Gasteiger partial charge in [0.2, 0.25) is 0 Å². The van der Waals surface area contributed by atoms with Crippen molar-refractivity contribution in [2.75, 3.05) is 0 Å². The SMILES string of the molecule is CC(C)N1C(=S)NC(c2ccccn2)C1c1cc(Br)cs1. The molecule has 1 aliphatic heterocycles. The molecule has 2 aromatic heterocycles. The van der Waals surface area contributed by atoms with E-state index in [1.165, 1.54) is 4.88 Å². The van der Waals surface area contributed by atoms with Gasteiger partial charge in [-0.2, -0.15) is 0 Å². The molecule has 3 rings (SSSR count). The molecule has 110 valence electrons. The number of hydrogen-bond donors (Lipinski definition) is 1. The summed E-state index contributed by atoms with van der Waals surface area (Å²) in [5.41, 5.74) is 1.03. The van der Waals surface area contributed by atoms with Gasteiger partial charge in [-0.3, -0.25) is 4.98 Å². The lowest BCUT2D eigenvalue weighted by Crippen LogP contribution is -2.35. The Morgan fingerprint density at radius 2 is 2.24 bits per heavy atom. The summed E-state index contributed by atoms with van der Waals surface area (Å²) < 4.78 is 1.11. The van der Waals surface area contributed by atoms with E-state index < -0.39 is 0 Å². The van der Waals surface area contributed by atoms with Crippen molar-refractivity contribution in [1.29, 1.82) is 0 Å². The summed E-state index contributed by atoms with van der Waals surface area (Å²) in [6, 6.07) is 8.80. The first-order chi connectivity index (χ1) is 10.1. The minimum absolute atomic E-state index is 0.0895. The second kappa shape index (κ2) is 6.02. The van der Waals surface area contributed by atoms with Gasteiger partial charge in [0.15, 0.2) is 5.11 Å². The number of thiophene rings is 1. The van der Waals surface area contributed by atoms with E-state index >= 15 is 0 Å². The number of thiocarbonyl (C=S) groups is 1. The molecule has 0 radical (unpaired) electrons. The fourth-order valence-electron chi connectivity index (χ4n) is 2.71. The molecule has 0 aliphatic carbocycles. The molecule has 0 saturated carbocycles. The smallest absolute Gasteiger partial charge is 0.170 e. The van der Waals surface area contributed by atoms with Gasteiger partial charge in [0.25, 0.3) is 0 Å². The number of pyridine rings is 1. The first kappa shape index (κ1) is 14.9. The van der Waals surface area contributed by atoms with Gasteiger partial charge in [0, 0.05) is 27.0 Å². The highest BCUT2D eigenvalue weighted by molar-refractivity contribution is 9.10. The van der Waals surface area contributed by atoms with Gasteiger partial charge in [-0.1, -0.05) is 6.07 Å². The Morgan fingerprint density at radius 3 is 2.81 bits per heavy atom. The normalized spacial score (nSPS) is 21.9. The van der Waals surface area contributed by atoms with E-state index in [-0.39, 0.29) is 12.1 Å². The van der Waals surface area contributed by atoms with Crippen LogP contribution in [0.1, 0.15) is 36.5 Å². The van der Waals surface area contributed by atoms with Gasteiger partial charge < -0.3 is 10.2 Å². The number of rotatable bonds is 3. The molecule has 0 amide bonds. The molecule has 3 nitrogen and oxygen atoms in total. The molecule has 21 heavy (non-hydrogen) atoms. The van der Waals surface area contributed by atoms with E-state index in [2.05, 4.69) is 62.5 Å². The summed E-state index contributed by atoms with van der Waals surface area (Å²) >= 11 is 10.9. The molecular weight excluding hydrogens is 366 g/mol. The van der Waals surface area contributed by atoms with Crippen LogP contribution >= 0.6 is 39.5 Å². The second-order valence-corrected chi connectivity index (χ2v) is 7.54. The lowest BCUT2D eigenvalue weighted by atomic mass is 10.0. The number of aromatic nitrogens is 1. The number of halogens is 1. The minimum atomic E-state index is 0.0895. The van der Waals surface area contributed by atoms with Crippen LogP contribution in [0.15, 0.2) is 40.3 Å². The average molecular weight is 382 g/mol. The predicted molar refractivity (Wildman–Crippen MR) is 94.4 cm³/mol. The number of hydrogen-bond acceptors (Lipinski definition) is 3. The van der Waals surface area contributed by atoms with E-state index in [4.69, 9.17) is 12.2 Å². The molecule has 2 unspecified atom stereocenters. The highest BCUT2D eigenvalue weighted by atomic mass is 79.9. The zero-order valence-electron chi connectivity index (χ0n) is 11.8. The quantitative estimate of drug-likeness (QED) is 0.802. The third kappa shape index (κ3) is 2.84. The van der Waals surface area contributed by atoms with Crippen LogP contribution in [0.2, 0.25) is 0 Å². The lowest BCUT2D eigenvalue weighted by molar-refractivity contribution is 0.273. The zero-order valence-corrected chi connectivity index (χ0v) is 15.0. The largest absolute Gasteiger partial charge is 0.352 e. The Balaban J connectivity index is 2.05. The van der Waals surface area contributed by atoms with E-state index in [9.17, 15) is 0 Å². The second-order valence-electron chi connectivity index (χ2n) is 5.29. The van der Waals surface area contributed by atoms with Crippen molar-refractivity contribution in [3.05, 3.63) is 50.9 Å². The Kier molecular flexibility index (Phi) is 4.28. The number of nitrogens with one attached hydrogen (secondary N) is 1. The van der Waals surface area contributed by atoms with Crippen molar-refractivity contribution in [2.45, 2.75) is 32.0 Å². The summed E-state index contributed by atoms with van der Waals surface area (Å²) in [4.78, 5) is 8.08. The molecule has 0 aromatic carbocycles. The Morgan fingerprint density at radius 1 is 1.43 bits per heavy atom. The third-order valence-corrected chi connectivity index (χ3v) is 5.66. The van der Waals surface area contributed by atoms with Gasteiger partial charge in [-0.05, 0) is 60.2 Å². The van der Waals surface area contributed by atoms with Crippen LogP contribution in [0.4, 0.5) is 0 Å². The summed E-state index contributed by atoms with van der Waals surface area (Å²) in [5.74, 6) is 0. The molecular formula is C15H16BrN3S2. The van der Waals surface area contributed by atoms with Gasteiger partial charge in [-0.15, -0.1) is 11.3 Å². The molecule has 1 saturated heterocycles. The molecule has 1 N–H and O–H groups in total. The summed E-state index contributed by atoms with van der Waals surface area (Å²) in [7, 11) is 0. The van der Waals surface area contributed by atoms with Crippen molar-refractivity contribution in [1.82, 2.24) is 15.2 Å². The van der Waals surface area contributed by atoms with E-state index in [1.54, 1.807) is 11.3 Å². The minimum Gasteiger partial charge on any atom is -0.352 e. The monoisotopic (exact) mass is 381 g/mol. The van der Waals surface area contributed by atoms with Crippen molar-refractivity contribution in [3.8, 4) is 0 Å². The van der Waals surface area contributed by atoms with Crippen LogP contribution in [0.3, 0.4) is 0 Å². The summed E-state index contributed by atoms with van der Waals surface area (Å²) in [6.45, 7) is 4.34. The highest BCUT2D eigenvalue weighted by Crippen LogP contribution is 2.42. The van der Waals surface area contributed by atoms with E-state index in [0.717, 1.165) is 15.3 Å². The highest BCUT2D eigenvalue weighted by Gasteiger charge is 2.41. The fraction of sp³-hybridized carbons (Fsp3) is 0.333. The van der Waals surface area contributed by atoms with Crippen LogP contribution in [-0.4, -0.2) is 21.0 Å². The molecule has 1 fully saturated rings. The Hall–Kier alpha value is -0.980. The van der Waals surface area contributed by atoms with Crippen LogP contribution in [0, 0.1) is 0 Å². The van der Waals surface area contributed by atoms with Crippen LogP contribution in [0.25, 0.3) is 0 Å². The van der Waals surface area contributed by atoms with E-state index in [1.807, 2.05) is 18.3 Å². The van der Waals surface area contributed by atoms with E-state index in [0.29, 0.717) is 6.04 Å². The van der Waals surface area contributed by atoms with Gasteiger partial charge in [0.05, 0.1) is 17.8 Å². The zero-order chi connectivity index (χ0) is 15.0.